The Morgan fingerprint density at radius 3 is 1.47 bits per heavy atom. The molecular weight excluding hydrogens is 466 g/mol. The van der Waals surface area contributed by atoms with E-state index in [4.69, 9.17) is 4.84 Å². The number of likely N-dealkylation sites (N-methyl/N-ethyl adjacent to an activating group) is 1. The molecule has 0 N–H and O–H groups in total. The van der Waals surface area contributed by atoms with Gasteiger partial charge in [0.25, 0.3) is 29.5 Å². The van der Waals surface area contributed by atoms with Gasteiger partial charge >= 0.3 is 0 Å². The molecule has 0 spiro atoms. The minimum Gasteiger partial charge on any atom is -0.301 e. The van der Waals surface area contributed by atoms with E-state index in [0.717, 1.165) is 14.9 Å². The van der Waals surface area contributed by atoms with Crippen LogP contribution in [0.5, 0.6) is 0 Å². The molecule has 10 nitrogen and oxygen atoms in total. The fourth-order valence-corrected chi connectivity index (χ4v) is 4.72. The molecule has 0 unspecified atom stereocenters. The summed E-state index contributed by atoms with van der Waals surface area (Å²) in [6, 6.07) is 13.3. The number of carbonyl (C=O) groups is 6. The van der Waals surface area contributed by atoms with Gasteiger partial charge in [0.1, 0.15) is 17.4 Å². The number of hydroxylamine groups is 2. The third-order valence-electron chi connectivity index (χ3n) is 7.12. The van der Waals surface area contributed by atoms with Crippen molar-refractivity contribution in [3.63, 3.8) is 0 Å². The maximum Gasteiger partial charge on any atom is 0.272 e. The predicted molar refractivity (Wildman–Crippen MR) is 124 cm³/mol. The molecule has 0 atom stereocenters. The highest BCUT2D eigenvalue weighted by Gasteiger charge is 2.62. The number of hydrogen-bond donors (Lipinski definition) is 0. The molecule has 184 valence electrons. The van der Waals surface area contributed by atoms with E-state index in [1.165, 1.54) is 14.2 Å². The zero-order chi connectivity index (χ0) is 25.8. The highest BCUT2D eigenvalue weighted by atomic mass is 16.7. The van der Waals surface area contributed by atoms with Crippen molar-refractivity contribution in [1.82, 2.24) is 14.9 Å². The summed E-state index contributed by atoms with van der Waals surface area (Å²) in [6.07, 6.45) is 2.84. The summed E-state index contributed by atoms with van der Waals surface area (Å²) in [7, 11) is 2.84. The highest BCUT2D eigenvalue weighted by molar-refractivity contribution is 6.24. The average molecular weight is 489 g/mol. The van der Waals surface area contributed by atoms with E-state index in [2.05, 4.69) is 0 Å². The zero-order valence-corrected chi connectivity index (χ0v) is 19.7. The quantitative estimate of drug-likeness (QED) is 0.357. The second-order valence-electron chi connectivity index (χ2n) is 9.22. The van der Waals surface area contributed by atoms with Crippen LogP contribution in [-0.4, -0.2) is 75.9 Å². The number of aldehydes is 1. The normalized spacial score (nSPS) is 19.8. The number of hydrogen-bond acceptors (Lipinski definition) is 7. The first-order valence-corrected chi connectivity index (χ1v) is 11.5. The van der Waals surface area contributed by atoms with Gasteiger partial charge in [0.05, 0.1) is 29.4 Å². The van der Waals surface area contributed by atoms with Gasteiger partial charge in [-0.15, -0.1) is 0 Å². The lowest BCUT2D eigenvalue weighted by molar-refractivity contribution is -0.174. The molecule has 2 aromatic rings. The van der Waals surface area contributed by atoms with E-state index in [-0.39, 0.29) is 17.7 Å². The van der Waals surface area contributed by atoms with Gasteiger partial charge in [-0.2, -0.15) is 0 Å². The van der Waals surface area contributed by atoms with Gasteiger partial charge in [-0.05, 0) is 49.9 Å². The summed E-state index contributed by atoms with van der Waals surface area (Å²) in [6.45, 7) is 0. The van der Waals surface area contributed by atoms with Gasteiger partial charge in [-0.3, -0.25) is 38.6 Å². The lowest BCUT2D eigenvalue weighted by atomic mass is 10.1. The first-order valence-electron chi connectivity index (χ1n) is 11.5. The minimum atomic E-state index is -1.07. The smallest absolute Gasteiger partial charge is 0.272 e. The van der Waals surface area contributed by atoms with Crippen LogP contribution in [0.2, 0.25) is 0 Å². The van der Waals surface area contributed by atoms with Gasteiger partial charge in [-0.1, -0.05) is 24.3 Å². The minimum absolute atomic E-state index is 0.342. The van der Waals surface area contributed by atoms with Crippen LogP contribution in [0.4, 0.5) is 0 Å². The molecule has 4 aliphatic rings. The molecule has 36 heavy (non-hydrogen) atoms. The number of nitrogens with zero attached hydrogens (tertiary/aromatic N) is 3. The number of imide groups is 2. The van der Waals surface area contributed by atoms with Crippen LogP contribution < -0.4 is 0 Å². The summed E-state index contributed by atoms with van der Waals surface area (Å²) in [5, 5.41) is 1.07. The summed E-state index contributed by atoms with van der Waals surface area (Å²) >= 11 is 0. The lowest BCUT2D eigenvalue weighted by Crippen LogP contribution is -2.51. The van der Waals surface area contributed by atoms with Gasteiger partial charge in [0.15, 0.2) is 0 Å². The van der Waals surface area contributed by atoms with E-state index in [9.17, 15) is 28.8 Å². The molecule has 6 rings (SSSR count). The molecular formula is C26H23N3O7. The number of benzene rings is 2. The third kappa shape index (κ3) is 3.29. The Morgan fingerprint density at radius 2 is 1.17 bits per heavy atom. The molecule has 10 heteroatoms. The Morgan fingerprint density at radius 1 is 0.778 bits per heavy atom. The third-order valence-corrected chi connectivity index (χ3v) is 7.12. The summed E-state index contributed by atoms with van der Waals surface area (Å²) in [5.41, 5.74) is -0.403. The van der Waals surface area contributed by atoms with E-state index >= 15 is 0 Å². The van der Waals surface area contributed by atoms with Crippen molar-refractivity contribution in [3.05, 3.63) is 70.8 Å². The van der Waals surface area contributed by atoms with Gasteiger partial charge in [0.2, 0.25) is 0 Å². The average Bonchev–Trinajstić information content (AvgIpc) is 3.83. The van der Waals surface area contributed by atoms with Crippen LogP contribution in [-0.2, 0) is 14.4 Å². The topological polar surface area (TPSA) is 121 Å². The van der Waals surface area contributed by atoms with E-state index in [1.54, 1.807) is 48.5 Å². The Hall–Kier alpha value is -4.18. The van der Waals surface area contributed by atoms with E-state index in [1.807, 2.05) is 0 Å². The molecule has 0 bridgehead atoms. The van der Waals surface area contributed by atoms with Crippen LogP contribution in [0.25, 0.3) is 0 Å². The zero-order valence-electron chi connectivity index (χ0n) is 19.7. The molecule has 0 saturated heterocycles. The largest absolute Gasteiger partial charge is 0.301 e. The standard InChI is InChI=1S/C14H14N2O4.C12H9NO3/c1-15(20-2)13(19)14(7-8-14)16-11(17)9-5-3-4-6-10(9)12(16)18;14-7-12(5-6-12)13-10(15)8-3-1-2-4-9(8)11(13)16/h3-6H,7-8H2,1-2H3;1-4,7H,5-6H2. The summed E-state index contributed by atoms with van der Waals surface area (Å²) in [4.78, 5) is 79.2. The van der Waals surface area contributed by atoms with Gasteiger partial charge in [-0.25, -0.2) is 5.06 Å². The Kier molecular flexibility index (Phi) is 5.36. The maximum absolute atomic E-state index is 12.4. The molecule has 0 aromatic heterocycles. The molecule has 2 aliphatic carbocycles. The SMILES string of the molecule is CON(C)C(=O)C1(N2C(=O)c3ccccc3C2=O)CC1.O=CC1(N2C(=O)c3ccccc3C2=O)CC1. The molecule has 2 heterocycles. The second-order valence-corrected chi connectivity index (χ2v) is 9.22. The summed E-state index contributed by atoms with van der Waals surface area (Å²) in [5.74, 6) is -1.85. The van der Waals surface area contributed by atoms with Crippen molar-refractivity contribution >= 4 is 35.8 Å². The van der Waals surface area contributed by atoms with Crippen molar-refractivity contribution < 1.29 is 33.6 Å². The van der Waals surface area contributed by atoms with Crippen molar-refractivity contribution in [3.8, 4) is 0 Å². The van der Waals surface area contributed by atoms with Crippen molar-refractivity contribution in [2.24, 2.45) is 0 Å². The maximum atomic E-state index is 12.4. The van der Waals surface area contributed by atoms with Gasteiger partial charge < -0.3 is 4.79 Å². The lowest BCUT2D eigenvalue weighted by Gasteiger charge is -2.28. The number of fused-ring (bicyclic) bond motifs is 2. The molecule has 2 aliphatic heterocycles. The predicted octanol–water partition coefficient (Wildman–Crippen LogP) is 1.85. The van der Waals surface area contributed by atoms with Crippen molar-refractivity contribution in [1.29, 1.82) is 0 Å². The summed E-state index contributed by atoms with van der Waals surface area (Å²) < 4.78 is 0. The highest BCUT2D eigenvalue weighted by Crippen LogP contribution is 2.47. The number of rotatable bonds is 5. The van der Waals surface area contributed by atoms with Crippen molar-refractivity contribution in [2.75, 3.05) is 14.2 Å². The number of amides is 5. The first-order chi connectivity index (χ1) is 17.2. The molecule has 0 radical (unpaired) electrons. The van der Waals surface area contributed by atoms with Crippen molar-refractivity contribution in [2.45, 2.75) is 36.8 Å². The fourth-order valence-electron chi connectivity index (χ4n) is 4.72. The van der Waals surface area contributed by atoms with E-state index in [0.29, 0.717) is 54.2 Å². The second kappa shape index (κ2) is 8.20. The van der Waals surface area contributed by atoms with Crippen LogP contribution in [0.15, 0.2) is 48.5 Å². The fraction of sp³-hybridized carbons (Fsp3) is 0.308. The Bertz CT molecular complexity index is 1270. The van der Waals surface area contributed by atoms with Crippen LogP contribution in [0.1, 0.15) is 67.1 Å². The van der Waals surface area contributed by atoms with Gasteiger partial charge in [0, 0.05) is 7.05 Å². The first kappa shape index (κ1) is 23.6. The van der Waals surface area contributed by atoms with Crippen LogP contribution in [0.3, 0.4) is 0 Å². The molecule has 5 amide bonds. The Balaban J connectivity index is 0.000000152. The molecule has 2 saturated carbocycles. The van der Waals surface area contributed by atoms with Crippen LogP contribution >= 0.6 is 0 Å². The molecule has 2 fully saturated rings. The van der Waals surface area contributed by atoms with Crippen LogP contribution in [0, 0.1) is 0 Å². The Labute approximate surface area is 206 Å². The molecule has 2 aromatic carbocycles. The number of carbonyl (C=O) groups excluding carboxylic acids is 6. The van der Waals surface area contributed by atoms with E-state index < -0.39 is 22.9 Å². The monoisotopic (exact) mass is 489 g/mol.